The van der Waals surface area contributed by atoms with Gasteiger partial charge in [-0.25, -0.2) is 4.98 Å². The minimum Gasteiger partial charge on any atom is -0.356 e. The molecule has 2 aromatic rings. The summed E-state index contributed by atoms with van der Waals surface area (Å²) in [5.41, 5.74) is 1.10. The topological polar surface area (TPSA) is 71.1 Å². The maximum atomic E-state index is 12.0. The van der Waals surface area contributed by atoms with Gasteiger partial charge in [0.25, 0.3) is 0 Å². The van der Waals surface area contributed by atoms with E-state index in [1.165, 1.54) is 16.6 Å². The summed E-state index contributed by atoms with van der Waals surface area (Å²) >= 11 is 1.80. The molecule has 3 rings (SSSR count). The summed E-state index contributed by atoms with van der Waals surface area (Å²) in [7, 11) is 0. The van der Waals surface area contributed by atoms with Gasteiger partial charge in [-0.3, -0.25) is 9.59 Å². The molecular weight excluding hydrogens is 346 g/mol. The molecule has 0 bridgehead atoms. The van der Waals surface area contributed by atoms with Gasteiger partial charge in [0, 0.05) is 32.4 Å². The van der Waals surface area contributed by atoms with Crippen LogP contribution in [0, 0.1) is 5.92 Å². The second-order valence-electron chi connectivity index (χ2n) is 7.15. The summed E-state index contributed by atoms with van der Waals surface area (Å²) in [6.45, 7) is 2.06. The highest BCUT2D eigenvalue weighted by atomic mass is 32.1. The zero-order chi connectivity index (χ0) is 18.4. The molecule has 6 heteroatoms. The van der Waals surface area contributed by atoms with Crippen molar-refractivity contribution in [3.05, 3.63) is 29.3 Å². The largest absolute Gasteiger partial charge is 0.356 e. The first-order valence-electron chi connectivity index (χ1n) is 9.48. The first-order chi connectivity index (χ1) is 12.6. The number of hydrogen-bond donors (Lipinski definition) is 2. The maximum Gasteiger partial charge on any atom is 0.220 e. The molecule has 1 saturated carbocycles. The van der Waals surface area contributed by atoms with Crippen LogP contribution < -0.4 is 10.6 Å². The Labute approximate surface area is 158 Å². The highest BCUT2D eigenvalue weighted by molar-refractivity contribution is 7.18. The molecule has 1 aliphatic carbocycles. The van der Waals surface area contributed by atoms with E-state index in [0.717, 1.165) is 37.6 Å². The fourth-order valence-electron chi connectivity index (χ4n) is 3.58. The lowest BCUT2D eigenvalue weighted by atomic mass is 9.84. The fourth-order valence-corrected chi connectivity index (χ4v) is 4.66. The molecule has 140 valence electrons. The Morgan fingerprint density at radius 3 is 2.69 bits per heavy atom. The van der Waals surface area contributed by atoms with Crippen LogP contribution in [0.15, 0.2) is 24.3 Å². The number of benzene rings is 1. The SMILES string of the molecule is CC(=O)NCCCC(=O)N[C@H]1CC[C@@H](Cc2nc3ccccc3s2)CC1. The number of rotatable bonds is 7. The number of amides is 2. The molecule has 0 unspecified atom stereocenters. The number of nitrogens with one attached hydrogen (secondary N) is 2. The predicted molar refractivity (Wildman–Crippen MR) is 105 cm³/mol. The molecule has 1 aromatic heterocycles. The molecule has 2 N–H and O–H groups in total. The van der Waals surface area contributed by atoms with Gasteiger partial charge < -0.3 is 10.6 Å². The average molecular weight is 374 g/mol. The zero-order valence-electron chi connectivity index (χ0n) is 15.3. The van der Waals surface area contributed by atoms with Crippen molar-refractivity contribution in [2.75, 3.05) is 6.54 Å². The minimum absolute atomic E-state index is 0.0446. The molecule has 0 atom stereocenters. The van der Waals surface area contributed by atoms with E-state index in [4.69, 9.17) is 4.98 Å². The Hall–Kier alpha value is -1.95. The summed E-state index contributed by atoms with van der Waals surface area (Å²) in [6.07, 6.45) is 6.61. The molecule has 2 amide bonds. The Morgan fingerprint density at radius 1 is 1.19 bits per heavy atom. The van der Waals surface area contributed by atoms with Crippen molar-refractivity contribution in [2.24, 2.45) is 5.92 Å². The van der Waals surface area contributed by atoms with Crippen LogP contribution in [-0.4, -0.2) is 29.4 Å². The standard InChI is InChI=1S/C20H27N3O2S/c1-14(24)21-12-4-7-19(25)22-16-10-8-15(9-11-16)13-20-23-17-5-2-3-6-18(17)26-20/h2-3,5-6,15-16H,4,7-13H2,1H3,(H,21,24)(H,22,25)/t15-,16+. The Bertz CT molecular complexity index is 717. The van der Waals surface area contributed by atoms with Crippen molar-refractivity contribution in [1.29, 1.82) is 0 Å². The average Bonchev–Trinajstić information content (AvgIpc) is 3.02. The van der Waals surface area contributed by atoms with E-state index in [2.05, 4.69) is 28.8 Å². The van der Waals surface area contributed by atoms with Crippen LogP contribution in [0.4, 0.5) is 0 Å². The second-order valence-corrected chi connectivity index (χ2v) is 8.27. The number of carbonyl (C=O) groups is 2. The lowest BCUT2D eigenvalue weighted by molar-refractivity contribution is -0.123. The Morgan fingerprint density at radius 2 is 1.96 bits per heavy atom. The highest BCUT2D eigenvalue weighted by Gasteiger charge is 2.23. The first kappa shape index (κ1) is 18.8. The number of fused-ring (bicyclic) bond motifs is 1. The van der Waals surface area contributed by atoms with Crippen molar-refractivity contribution < 1.29 is 9.59 Å². The molecule has 26 heavy (non-hydrogen) atoms. The van der Waals surface area contributed by atoms with E-state index in [-0.39, 0.29) is 11.8 Å². The van der Waals surface area contributed by atoms with E-state index >= 15 is 0 Å². The van der Waals surface area contributed by atoms with Gasteiger partial charge in [-0.15, -0.1) is 11.3 Å². The molecule has 0 radical (unpaired) electrons. The summed E-state index contributed by atoms with van der Waals surface area (Å²) in [4.78, 5) is 27.5. The van der Waals surface area contributed by atoms with Gasteiger partial charge in [-0.1, -0.05) is 12.1 Å². The normalized spacial score (nSPS) is 20.0. The molecule has 1 heterocycles. The monoisotopic (exact) mass is 373 g/mol. The highest BCUT2D eigenvalue weighted by Crippen LogP contribution is 2.30. The van der Waals surface area contributed by atoms with Crippen LogP contribution >= 0.6 is 11.3 Å². The van der Waals surface area contributed by atoms with Crippen LogP contribution in [0.5, 0.6) is 0 Å². The molecular formula is C20H27N3O2S. The number of thiazole rings is 1. The molecule has 1 fully saturated rings. The van der Waals surface area contributed by atoms with Gasteiger partial charge in [0.1, 0.15) is 0 Å². The van der Waals surface area contributed by atoms with Crippen molar-refractivity contribution >= 4 is 33.4 Å². The summed E-state index contributed by atoms with van der Waals surface area (Å²) in [5, 5.41) is 7.10. The predicted octanol–water partition coefficient (Wildman–Crippen LogP) is 3.43. The first-order valence-corrected chi connectivity index (χ1v) is 10.3. The van der Waals surface area contributed by atoms with E-state index in [9.17, 15) is 9.59 Å². The lowest BCUT2D eigenvalue weighted by Gasteiger charge is -2.28. The number of nitrogens with zero attached hydrogens (tertiary/aromatic N) is 1. The minimum atomic E-state index is -0.0446. The molecule has 0 aliphatic heterocycles. The third-order valence-electron chi connectivity index (χ3n) is 4.97. The summed E-state index contributed by atoms with van der Waals surface area (Å²) in [6, 6.07) is 8.61. The van der Waals surface area contributed by atoms with Crippen molar-refractivity contribution in [2.45, 2.75) is 57.9 Å². The molecule has 1 aliphatic rings. The van der Waals surface area contributed by atoms with Gasteiger partial charge in [-0.05, 0) is 50.2 Å². The van der Waals surface area contributed by atoms with Crippen LogP contribution in [0.3, 0.4) is 0 Å². The number of aromatic nitrogens is 1. The van der Waals surface area contributed by atoms with Crippen molar-refractivity contribution in [3.63, 3.8) is 0 Å². The zero-order valence-corrected chi connectivity index (χ0v) is 16.1. The summed E-state index contributed by atoms with van der Waals surface area (Å²) < 4.78 is 1.27. The van der Waals surface area contributed by atoms with Gasteiger partial charge in [0.2, 0.25) is 11.8 Å². The van der Waals surface area contributed by atoms with Gasteiger partial charge in [0.15, 0.2) is 0 Å². The van der Waals surface area contributed by atoms with Crippen LogP contribution in [0.25, 0.3) is 10.2 Å². The second kappa shape index (κ2) is 9.12. The maximum absolute atomic E-state index is 12.0. The fraction of sp³-hybridized carbons (Fsp3) is 0.550. The Balaban J connectivity index is 1.37. The van der Waals surface area contributed by atoms with E-state index in [0.29, 0.717) is 31.3 Å². The van der Waals surface area contributed by atoms with Gasteiger partial charge >= 0.3 is 0 Å². The van der Waals surface area contributed by atoms with Crippen molar-refractivity contribution in [3.8, 4) is 0 Å². The number of para-hydroxylation sites is 1. The van der Waals surface area contributed by atoms with Crippen LogP contribution in [-0.2, 0) is 16.0 Å². The van der Waals surface area contributed by atoms with Gasteiger partial charge in [-0.2, -0.15) is 0 Å². The molecule has 1 aromatic carbocycles. The number of hydrogen-bond acceptors (Lipinski definition) is 4. The van der Waals surface area contributed by atoms with Crippen LogP contribution in [0.2, 0.25) is 0 Å². The third-order valence-corrected chi connectivity index (χ3v) is 6.03. The van der Waals surface area contributed by atoms with Crippen LogP contribution in [0.1, 0.15) is 50.5 Å². The summed E-state index contributed by atoms with van der Waals surface area (Å²) in [5.74, 6) is 0.727. The smallest absolute Gasteiger partial charge is 0.220 e. The number of carbonyl (C=O) groups excluding carboxylic acids is 2. The molecule has 5 nitrogen and oxygen atoms in total. The van der Waals surface area contributed by atoms with E-state index in [1.807, 2.05) is 6.07 Å². The quantitative estimate of drug-likeness (QED) is 0.731. The van der Waals surface area contributed by atoms with Gasteiger partial charge in [0.05, 0.1) is 15.2 Å². The van der Waals surface area contributed by atoms with Crippen molar-refractivity contribution in [1.82, 2.24) is 15.6 Å². The third kappa shape index (κ3) is 5.53. The Kier molecular flexibility index (Phi) is 6.61. The van der Waals surface area contributed by atoms with E-state index in [1.54, 1.807) is 11.3 Å². The van der Waals surface area contributed by atoms with E-state index < -0.39 is 0 Å². The molecule has 0 saturated heterocycles. The molecule has 0 spiro atoms. The lowest BCUT2D eigenvalue weighted by Crippen LogP contribution is -2.38.